The fourth-order valence-corrected chi connectivity index (χ4v) is 8.14. The molecule has 0 bridgehead atoms. The zero-order valence-corrected chi connectivity index (χ0v) is 39.7. The molecule has 0 aromatic heterocycles. The predicted molar refractivity (Wildman–Crippen MR) is 258 cm³/mol. The van der Waals surface area contributed by atoms with Crippen LogP contribution in [0.3, 0.4) is 0 Å². The van der Waals surface area contributed by atoms with Crippen LogP contribution >= 0.6 is 23.2 Å². The van der Waals surface area contributed by atoms with E-state index in [4.69, 9.17) is 43.3 Å². The first kappa shape index (κ1) is 55.7. The first-order chi connectivity index (χ1) is 33.0. The van der Waals surface area contributed by atoms with Crippen LogP contribution in [0.2, 0.25) is 10.0 Å². The average molecular weight is 996 g/mol. The molecular weight excluding hydrogens is 935 g/mol. The summed E-state index contributed by atoms with van der Waals surface area (Å²) in [6.45, 7) is 3.26. The highest BCUT2D eigenvalue weighted by Gasteiger charge is 2.34. The topological polar surface area (TPSA) is 272 Å². The third-order valence-electron chi connectivity index (χ3n) is 11.3. The maximum Gasteiger partial charge on any atom is 0.394 e. The second-order valence-electron chi connectivity index (χ2n) is 16.5. The van der Waals surface area contributed by atoms with Crippen LogP contribution in [-0.2, 0) is 46.3 Å². The van der Waals surface area contributed by atoms with Crippen LogP contribution in [0, 0.1) is 0 Å². The van der Waals surface area contributed by atoms with E-state index in [1.807, 2.05) is 84.9 Å². The number of ether oxygens (including phenoxy) is 1. The van der Waals surface area contributed by atoms with Gasteiger partial charge in [0, 0.05) is 47.6 Å². The van der Waals surface area contributed by atoms with Gasteiger partial charge in [0.15, 0.2) is 12.2 Å². The molecule has 2 heterocycles. The molecule has 6 rings (SSSR count). The lowest BCUT2D eigenvalue weighted by Crippen LogP contribution is -2.50. The molecule has 4 aromatic carbocycles. The van der Waals surface area contributed by atoms with E-state index in [2.05, 4.69) is 16.0 Å². The van der Waals surface area contributed by atoms with E-state index in [0.29, 0.717) is 42.1 Å². The number of aliphatic carboxylic acids is 2. The van der Waals surface area contributed by atoms with Gasteiger partial charge in [0.05, 0.1) is 25.9 Å². The Morgan fingerprint density at radius 3 is 1.64 bits per heavy atom. The number of benzene rings is 4. The molecule has 17 nitrogen and oxygen atoms in total. The Hall–Kier alpha value is -5.92. The molecule has 2 fully saturated rings. The highest BCUT2D eigenvalue weighted by molar-refractivity contribution is 6.35. The van der Waals surface area contributed by atoms with Gasteiger partial charge in [-0.1, -0.05) is 96.0 Å². The third-order valence-corrected chi connectivity index (χ3v) is 11.8. The Kier molecular flexibility index (Phi) is 23.0. The number of carboxylic acids is 2. The highest BCUT2D eigenvalue weighted by Crippen LogP contribution is 2.25. The van der Waals surface area contributed by atoms with Gasteiger partial charge in [-0.05, 0) is 110 Å². The van der Waals surface area contributed by atoms with Crippen LogP contribution in [-0.4, -0.2) is 140 Å². The van der Waals surface area contributed by atoms with Gasteiger partial charge in [-0.2, -0.15) is 0 Å². The number of nitrogens with zero attached hydrogens (tertiary/aromatic N) is 1. The van der Waals surface area contributed by atoms with Crippen molar-refractivity contribution in [2.45, 2.75) is 94.7 Å². The molecular formula is C50H60Cl2N4O13. The van der Waals surface area contributed by atoms with E-state index in [0.717, 1.165) is 46.3 Å². The molecule has 69 heavy (non-hydrogen) atoms. The van der Waals surface area contributed by atoms with Crippen LogP contribution in [0.5, 0.6) is 0 Å². The lowest BCUT2D eigenvalue weighted by atomic mass is 9.97. The summed E-state index contributed by atoms with van der Waals surface area (Å²) in [6.07, 6.45) is 0.560. The standard InChI is InChI=1S/C24H27ClN2O6.C21H22ClNO6.C5H11NO/c25-18-4-1-3-17(12-18)16-8-6-15(7-9-16)11-19(13-21(29)24(32)33)26-22(30)23(31)27-10-2-5-20(27)14-28;1-2-29-21(28)18(24)12-17(23-19(25)20(26)27)10-13-6-8-14(9-7-13)15-4-3-5-16(22)11-15;7-4-5-2-1-3-6-5/h1,3-4,6-9,12,19-21,28-29H,2,5,10-11,13-14H2,(H,26,30)(H,32,33);3-9,11,17-18,24H,2,10,12H2,1H3,(H,23,25)(H,26,27);5-7H,1-4H2/t19-,20+,21-;17-,18-;5-/m110/s1. The minimum Gasteiger partial charge on any atom is -0.479 e. The molecule has 0 spiro atoms. The van der Waals surface area contributed by atoms with E-state index in [-0.39, 0.29) is 38.9 Å². The molecule has 9 N–H and O–H groups in total. The number of rotatable bonds is 17. The number of aliphatic hydroxyl groups is 4. The van der Waals surface area contributed by atoms with Crippen molar-refractivity contribution in [1.29, 1.82) is 0 Å². The minimum atomic E-state index is -1.69. The van der Waals surface area contributed by atoms with E-state index >= 15 is 0 Å². The fourth-order valence-electron chi connectivity index (χ4n) is 7.76. The number of likely N-dealkylation sites (tertiary alicyclic amines) is 1. The lowest BCUT2D eigenvalue weighted by molar-refractivity contribution is -0.154. The molecule has 3 amide bonds. The molecule has 6 atom stereocenters. The van der Waals surface area contributed by atoms with Gasteiger partial charge in [-0.25, -0.2) is 14.4 Å². The Morgan fingerprint density at radius 2 is 1.22 bits per heavy atom. The molecule has 2 aliphatic heterocycles. The number of aliphatic hydroxyl groups excluding tert-OH is 4. The van der Waals surface area contributed by atoms with Crippen LogP contribution in [0.15, 0.2) is 97.1 Å². The summed E-state index contributed by atoms with van der Waals surface area (Å²) in [4.78, 5) is 71.7. The van der Waals surface area contributed by atoms with Gasteiger partial charge in [-0.15, -0.1) is 0 Å². The Bertz CT molecular complexity index is 2310. The number of hydrogen-bond acceptors (Lipinski definition) is 12. The molecule has 19 heteroatoms. The minimum absolute atomic E-state index is 0.104. The zero-order chi connectivity index (χ0) is 50.5. The average Bonchev–Trinajstić information content (AvgIpc) is 4.05. The Balaban J connectivity index is 0.000000264. The summed E-state index contributed by atoms with van der Waals surface area (Å²) in [7, 11) is 0. The van der Waals surface area contributed by atoms with Gasteiger partial charge >= 0.3 is 35.6 Å². The van der Waals surface area contributed by atoms with Crippen LogP contribution in [0.1, 0.15) is 56.6 Å². The van der Waals surface area contributed by atoms with Gasteiger partial charge in [-0.3, -0.25) is 14.4 Å². The highest BCUT2D eigenvalue weighted by atomic mass is 35.5. The van der Waals surface area contributed by atoms with Gasteiger partial charge in [0.25, 0.3) is 0 Å². The van der Waals surface area contributed by atoms with Crippen molar-refractivity contribution in [2.75, 3.05) is 32.9 Å². The quantitative estimate of drug-likeness (QED) is 0.0535. The number of nitrogens with one attached hydrogen (secondary N) is 3. The Morgan fingerprint density at radius 1 is 0.696 bits per heavy atom. The zero-order valence-electron chi connectivity index (χ0n) is 38.1. The van der Waals surface area contributed by atoms with Crippen molar-refractivity contribution in [3.05, 3.63) is 118 Å². The second kappa shape index (κ2) is 28.5. The van der Waals surface area contributed by atoms with Crippen molar-refractivity contribution in [1.82, 2.24) is 20.9 Å². The second-order valence-corrected chi connectivity index (χ2v) is 17.4. The van der Waals surface area contributed by atoms with E-state index in [1.54, 1.807) is 19.1 Å². The summed E-state index contributed by atoms with van der Waals surface area (Å²) in [5, 5.41) is 65.0. The van der Waals surface area contributed by atoms with Crippen molar-refractivity contribution >= 4 is 58.8 Å². The van der Waals surface area contributed by atoms with Crippen molar-refractivity contribution in [2.24, 2.45) is 0 Å². The molecule has 0 unspecified atom stereocenters. The van der Waals surface area contributed by atoms with Crippen molar-refractivity contribution in [3.8, 4) is 22.3 Å². The number of carboxylic acid groups (broad SMARTS) is 2. The molecule has 4 aromatic rings. The van der Waals surface area contributed by atoms with Gasteiger partial charge in [0.2, 0.25) is 0 Å². The van der Waals surface area contributed by atoms with Crippen LogP contribution in [0.25, 0.3) is 22.3 Å². The lowest BCUT2D eigenvalue weighted by Gasteiger charge is -2.25. The largest absolute Gasteiger partial charge is 0.479 e. The monoisotopic (exact) mass is 994 g/mol. The Labute approximate surface area is 410 Å². The normalized spacial score (nSPS) is 16.8. The summed E-state index contributed by atoms with van der Waals surface area (Å²) in [6, 6.07) is 28.1. The number of esters is 1. The van der Waals surface area contributed by atoms with E-state index in [9.17, 15) is 44.1 Å². The van der Waals surface area contributed by atoms with Gasteiger partial charge in [0.1, 0.15) is 0 Å². The SMILES string of the molecule is CCOC(=O)[C@H](O)C[C@@H](Cc1ccc(-c2cccc(Cl)c2)cc1)NC(=O)C(=O)O.O=C(N[C@H](Cc1ccc(-c2cccc(Cl)c2)cc1)C[C@@H](O)C(=O)O)C(=O)N1CCC[C@H]1CO.OC[C@@H]1CCCN1. The summed E-state index contributed by atoms with van der Waals surface area (Å²) in [5.41, 5.74) is 5.35. The summed E-state index contributed by atoms with van der Waals surface area (Å²) < 4.78 is 4.75. The summed E-state index contributed by atoms with van der Waals surface area (Å²) >= 11 is 12.1. The molecule has 0 radical (unpaired) electrons. The molecule has 2 saturated heterocycles. The van der Waals surface area contributed by atoms with Crippen LogP contribution in [0.4, 0.5) is 0 Å². The predicted octanol–water partition coefficient (Wildman–Crippen LogP) is 4.02. The maximum atomic E-state index is 12.6. The number of halogens is 2. The first-order valence-electron chi connectivity index (χ1n) is 22.6. The number of amides is 3. The summed E-state index contributed by atoms with van der Waals surface area (Å²) in [5.74, 6) is -6.72. The smallest absolute Gasteiger partial charge is 0.394 e. The maximum absolute atomic E-state index is 12.6. The molecule has 0 saturated carbocycles. The van der Waals surface area contributed by atoms with E-state index in [1.165, 1.54) is 11.3 Å². The van der Waals surface area contributed by atoms with Crippen molar-refractivity contribution < 1.29 is 64.1 Å². The van der Waals surface area contributed by atoms with Gasteiger partial charge < -0.3 is 56.2 Å². The number of carbonyl (C=O) groups is 6. The molecule has 372 valence electrons. The third kappa shape index (κ3) is 18.5. The molecule has 2 aliphatic rings. The number of hydrogen-bond donors (Lipinski definition) is 9. The first-order valence-corrected chi connectivity index (χ1v) is 23.3. The fraction of sp³-hybridized carbons (Fsp3) is 0.400. The van der Waals surface area contributed by atoms with E-state index < -0.39 is 66.0 Å². The number of carbonyl (C=O) groups excluding carboxylic acids is 4. The van der Waals surface area contributed by atoms with Crippen LogP contribution < -0.4 is 16.0 Å². The molecule has 0 aliphatic carbocycles. The van der Waals surface area contributed by atoms with Crippen molar-refractivity contribution in [3.63, 3.8) is 0 Å².